The van der Waals surface area contributed by atoms with Crippen LogP contribution < -0.4 is 9.47 Å². The van der Waals surface area contributed by atoms with E-state index in [1.807, 2.05) is 18.2 Å². The topological polar surface area (TPSA) is 91.5 Å². The van der Waals surface area contributed by atoms with E-state index in [-0.39, 0.29) is 29.6 Å². The van der Waals surface area contributed by atoms with Crippen LogP contribution in [0.2, 0.25) is 0 Å². The van der Waals surface area contributed by atoms with E-state index < -0.39 is 15.9 Å². The predicted molar refractivity (Wildman–Crippen MR) is 91.8 cm³/mol. The Labute approximate surface area is 150 Å². The Bertz CT molecular complexity index is 1000. The van der Waals surface area contributed by atoms with E-state index in [1.54, 1.807) is 36.4 Å². The molecule has 4 rings (SSSR count). The number of benzene rings is 2. The number of aromatic nitrogens is 2. The first-order valence-electron chi connectivity index (χ1n) is 8.10. The molecule has 0 amide bonds. The van der Waals surface area contributed by atoms with Gasteiger partial charge in [-0.05, 0) is 24.3 Å². The van der Waals surface area contributed by atoms with Gasteiger partial charge in [0, 0.05) is 6.42 Å². The second-order valence-electron chi connectivity index (χ2n) is 5.79. The van der Waals surface area contributed by atoms with E-state index in [0.717, 1.165) is 0 Å². The van der Waals surface area contributed by atoms with Crippen molar-refractivity contribution >= 4 is 9.84 Å². The molecule has 0 radical (unpaired) electrons. The van der Waals surface area contributed by atoms with E-state index in [4.69, 9.17) is 14.0 Å². The Morgan fingerprint density at radius 3 is 2.54 bits per heavy atom. The quantitative estimate of drug-likeness (QED) is 0.680. The second-order valence-corrected chi connectivity index (χ2v) is 7.90. The summed E-state index contributed by atoms with van der Waals surface area (Å²) in [5, 5.41) is 3.86. The third kappa shape index (κ3) is 3.41. The van der Waals surface area contributed by atoms with Crippen LogP contribution in [0.1, 0.15) is 17.8 Å². The van der Waals surface area contributed by atoms with Gasteiger partial charge in [-0.1, -0.05) is 35.5 Å². The molecule has 2 heterocycles. The minimum Gasteiger partial charge on any atom is -0.485 e. The maximum absolute atomic E-state index is 12.3. The molecule has 0 unspecified atom stereocenters. The molecule has 7 nitrogen and oxygen atoms in total. The molecule has 2 aromatic carbocycles. The van der Waals surface area contributed by atoms with Crippen LogP contribution in [0.4, 0.5) is 0 Å². The maximum atomic E-state index is 12.3. The van der Waals surface area contributed by atoms with Crippen molar-refractivity contribution < 1.29 is 22.4 Å². The van der Waals surface area contributed by atoms with Crippen LogP contribution in [0.5, 0.6) is 11.5 Å². The Morgan fingerprint density at radius 1 is 1.00 bits per heavy atom. The van der Waals surface area contributed by atoms with Crippen molar-refractivity contribution in [3.05, 3.63) is 66.3 Å². The summed E-state index contributed by atoms with van der Waals surface area (Å²) >= 11 is 0. The van der Waals surface area contributed by atoms with E-state index >= 15 is 0 Å². The number of fused-ring (bicyclic) bond motifs is 1. The lowest BCUT2D eigenvalue weighted by molar-refractivity contribution is 0.0665. The molecule has 0 N–H and O–H groups in total. The van der Waals surface area contributed by atoms with Crippen molar-refractivity contribution in [2.24, 2.45) is 0 Å². The lowest BCUT2D eigenvalue weighted by Crippen LogP contribution is -2.21. The van der Waals surface area contributed by atoms with Gasteiger partial charge in [-0.25, -0.2) is 8.42 Å². The zero-order valence-corrected chi connectivity index (χ0v) is 14.6. The molecule has 0 aliphatic carbocycles. The Hall–Kier alpha value is -2.87. The van der Waals surface area contributed by atoms with Crippen LogP contribution in [0.25, 0.3) is 0 Å². The molecule has 0 saturated carbocycles. The Kier molecular flexibility index (Phi) is 4.34. The van der Waals surface area contributed by atoms with Crippen LogP contribution in [-0.2, 0) is 16.3 Å². The molecule has 1 aliphatic rings. The molecule has 1 aromatic heterocycles. The molecule has 0 bridgehead atoms. The smallest absolute Gasteiger partial charge is 0.271 e. The monoisotopic (exact) mass is 372 g/mol. The van der Waals surface area contributed by atoms with Gasteiger partial charge in [0.1, 0.15) is 6.61 Å². The highest BCUT2D eigenvalue weighted by atomic mass is 32.2. The Morgan fingerprint density at radius 2 is 1.73 bits per heavy atom. The highest BCUT2D eigenvalue weighted by Gasteiger charge is 2.27. The van der Waals surface area contributed by atoms with Gasteiger partial charge in [0.25, 0.3) is 5.89 Å². The summed E-state index contributed by atoms with van der Waals surface area (Å²) in [6, 6.07) is 15.6. The highest BCUT2D eigenvalue weighted by Crippen LogP contribution is 2.35. The minimum absolute atomic E-state index is 0.0964. The number of ether oxygens (including phenoxy) is 2. The molecule has 0 fully saturated rings. The van der Waals surface area contributed by atoms with Gasteiger partial charge in [0.2, 0.25) is 6.10 Å². The van der Waals surface area contributed by atoms with Crippen LogP contribution in [-0.4, -0.2) is 30.9 Å². The molecule has 26 heavy (non-hydrogen) atoms. The van der Waals surface area contributed by atoms with Crippen molar-refractivity contribution in [3.63, 3.8) is 0 Å². The molecule has 3 aromatic rings. The van der Waals surface area contributed by atoms with Crippen LogP contribution in [0.3, 0.4) is 0 Å². The van der Waals surface area contributed by atoms with Gasteiger partial charge in [0.05, 0.1) is 10.6 Å². The number of nitrogens with zero attached hydrogens (tertiary/aromatic N) is 2. The van der Waals surface area contributed by atoms with Gasteiger partial charge in [-0.2, -0.15) is 4.98 Å². The summed E-state index contributed by atoms with van der Waals surface area (Å²) in [6.45, 7) is 0.251. The second kappa shape index (κ2) is 6.80. The Balaban J connectivity index is 1.43. The number of rotatable bonds is 5. The molecule has 134 valence electrons. The summed E-state index contributed by atoms with van der Waals surface area (Å²) < 4.78 is 41.3. The van der Waals surface area contributed by atoms with Gasteiger partial charge >= 0.3 is 0 Å². The molecule has 1 aliphatic heterocycles. The number of aryl methyl sites for hydroxylation is 1. The van der Waals surface area contributed by atoms with Gasteiger partial charge in [-0.3, -0.25) is 0 Å². The summed E-state index contributed by atoms with van der Waals surface area (Å²) in [6.07, 6.45) is -0.359. The van der Waals surface area contributed by atoms with Crippen molar-refractivity contribution in [2.75, 3.05) is 12.4 Å². The first-order chi connectivity index (χ1) is 12.6. The average molecular weight is 372 g/mol. The molecule has 8 heteroatoms. The zero-order valence-electron chi connectivity index (χ0n) is 13.7. The number of para-hydroxylation sites is 2. The molecular formula is C18H16N2O5S. The fourth-order valence-electron chi connectivity index (χ4n) is 2.61. The SMILES string of the molecule is O=S(=O)(CCc1noc([C@H]2COc3ccccc3O2)n1)c1ccccc1. The van der Waals surface area contributed by atoms with Gasteiger partial charge in [-0.15, -0.1) is 0 Å². The normalized spacial score (nSPS) is 16.4. The molecule has 1 atom stereocenters. The van der Waals surface area contributed by atoms with E-state index in [9.17, 15) is 8.42 Å². The molecular weight excluding hydrogens is 356 g/mol. The number of hydrogen-bond acceptors (Lipinski definition) is 7. The minimum atomic E-state index is -3.39. The van der Waals surface area contributed by atoms with Crippen molar-refractivity contribution in [3.8, 4) is 11.5 Å². The van der Waals surface area contributed by atoms with Crippen LogP contribution in [0.15, 0.2) is 64.0 Å². The zero-order chi connectivity index (χ0) is 18.0. The third-order valence-corrected chi connectivity index (χ3v) is 5.70. The van der Waals surface area contributed by atoms with E-state index in [2.05, 4.69) is 10.1 Å². The van der Waals surface area contributed by atoms with E-state index in [0.29, 0.717) is 17.3 Å². The standard InChI is InChI=1S/C18H16N2O5S/c21-26(22,13-6-2-1-3-7-13)11-10-17-19-18(25-20-17)16-12-23-14-8-4-5-9-15(14)24-16/h1-9,16H,10-12H2/t16-/m1/s1. The summed E-state index contributed by atoms with van der Waals surface area (Å²) in [5.74, 6) is 1.77. The highest BCUT2D eigenvalue weighted by molar-refractivity contribution is 7.91. The first kappa shape index (κ1) is 16.6. The number of sulfone groups is 1. The maximum Gasteiger partial charge on any atom is 0.271 e. The molecule has 0 spiro atoms. The lowest BCUT2D eigenvalue weighted by atomic mass is 10.2. The van der Waals surface area contributed by atoms with Crippen molar-refractivity contribution in [1.82, 2.24) is 10.1 Å². The first-order valence-corrected chi connectivity index (χ1v) is 9.76. The van der Waals surface area contributed by atoms with Gasteiger partial charge < -0.3 is 14.0 Å². The summed E-state index contributed by atoms with van der Waals surface area (Å²) in [5.41, 5.74) is 0. The third-order valence-electron chi connectivity index (χ3n) is 3.96. The predicted octanol–water partition coefficient (Wildman–Crippen LogP) is 2.60. The number of hydrogen-bond donors (Lipinski definition) is 0. The van der Waals surface area contributed by atoms with Crippen molar-refractivity contribution in [1.29, 1.82) is 0 Å². The molecule has 0 saturated heterocycles. The van der Waals surface area contributed by atoms with Crippen molar-refractivity contribution in [2.45, 2.75) is 17.4 Å². The lowest BCUT2D eigenvalue weighted by Gasteiger charge is -2.23. The largest absolute Gasteiger partial charge is 0.485 e. The fraction of sp³-hybridized carbons (Fsp3) is 0.222. The van der Waals surface area contributed by atoms with E-state index in [1.165, 1.54) is 0 Å². The fourth-order valence-corrected chi connectivity index (χ4v) is 3.87. The summed E-state index contributed by atoms with van der Waals surface area (Å²) in [4.78, 5) is 4.54. The van der Waals surface area contributed by atoms with Crippen LogP contribution in [0, 0.1) is 0 Å². The average Bonchev–Trinajstić information content (AvgIpc) is 3.16. The van der Waals surface area contributed by atoms with Gasteiger partial charge in [0.15, 0.2) is 27.2 Å². The van der Waals surface area contributed by atoms with Crippen LogP contribution >= 0.6 is 0 Å². The summed E-state index contributed by atoms with van der Waals surface area (Å²) in [7, 11) is -3.39.